The second-order valence-electron chi connectivity index (χ2n) is 7.37. The van der Waals surface area contributed by atoms with Gasteiger partial charge in [-0.1, -0.05) is 18.2 Å². The number of rotatable bonds is 8. The van der Waals surface area contributed by atoms with Crippen LogP contribution in [0.15, 0.2) is 46.6 Å². The third-order valence-corrected chi connectivity index (χ3v) is 6.17. The molecule has 1 atom stereocenters. The predicted octanol–water partition coefficient (Wildman–Crippen LogP) is 3.15. The monoisotopic (exact) mass is 425 g/mol. The molecule has 2 heterocycles. The summed E-state index contributed by atoms with van der Waals surface area (Å²) in [5.41, 5.74) is 0.609. The fraction of sp³-hybridized carbons (Fsp3) is 0.364. The zero-order valence-corrected chi connectivity index (χ0v) is 17.5. The Kier molecular flexibility index (Phi) is 5.94. The van der Waals surface area contributed by atoms with Crippen LogP contribution in [0.5, 0.6) is 0 Å². The maximum Gasteiger partial charge on any atom is 0.307 e. The van der Waals surface area contributed by atoms with Crippen molar-refractivity contribution >= 4 is 34.1 Å². The van der Waals surface area contributed by atoms with E-state index in [9.17, 15) is 14.4 Å². The van der Waals surface area contributed by atoms with Crippen LogP contribution in [0.2, 0.25) is 0 Å². The van der Waals surface area contributed by atoms with Gasteiger partial charge in [0.1, 0.15) is 5.82 Å². The zero-order valence-electron chi connectivity index (χ0n) is 16.7. The van der Waals surface area contributed by atoms with Gasteiger partial charge in [-0.2, -0.15) is 0 Å². The Bertz CT molecular complexity index is 1120. The van der Waals surface area contributed by atoms with Crippen molar-refractivity contribution in [2.75, 3.05) is 7.11 Å². The lowest BCUT2D eigenvalue weighted by molar-refractivity contribution is -0.141. The Morgan fingerprint density at radius 1 is 1.27 bits per heavy atom. The molecule has 0 aliphatic heterocycles. The summed E-state index contributed by atoms with van der Waals surface area (Å²) in [4.78, 5) is 42.9. The number of ether oxygens (including phenoxy) is 1. The second kappa shape index (κ2) is 8.79. The lowest BCUT2D eigenvalue weighted by Gasteiger charge is -2.17. The summed E-state index contributed by atoms with van der Waals surface area (Å²) in [7, 11) is 1.33. The van der Waals surface area contributed by atoms with E-state index in [1.165, 1.54) is 18.4 Å². The second-order valence-corrected chi connectivity index (χ2v) is 8.35. The smallest absolute Gasteiger partial charge is 0.307 e. The van der Waals surface area contributed by atoms with Crippen molar-refractivity contribution in [3.63, 3.8) is 0 Å². The summed E-state index contributed by atoms with van der Waals surface area (Å²) in [6.07, 6.45) is 2.53. The van der Waals surface area contributed by atoms with E-state index in [-0.39, 0.29) is 36.3 Å². The number of carbonyl (C=O) groups excluding carboxylic acids is 2. The quantitative estimate of drug-likeness (QED) is 0.560. The lowest BCUT2D eigenvalue weighted by Crippen LogP contribution is -2.31. The molecule has 8 heteroatoms. The van der Waals surface area contributed by atoms with E-state index in [1.807, 2.05) is 35.7 Å². The van der Waals surface area contributed by atoms with E-state index in [4.69, 9.17) is 4.74 Å². The Balaban J connectivity index is 1.50. The van der Waals surface area contributed by atoms with Gasteiger partial charge in [-0.3, -0.25) is 19.0 Å². The number of hydrogen-bond acceptors (Lipinski definition) is 6. The Morgan fingerprint density at radius 2 is 2.07 bits per heavy atom. The van der Waals surface area contributed by atoms with Gasteiger partial charge in [-0.05, 0) is 36.4 Å². The first-order valence-corrected chi connectivity index (χ1v) is 10.8. The van der Waals surface area contributed by atoms with Gasteiger partial charge in [-0.25, -0.2) is 4.98 Å². The number of benzene rings is 1. The molecule has 1 unspecified atom stereocenters. The first-order chi connectivity index (χ1) is 14.6. The Morgan fingerprint density at radius 3 is 2.77 bits per heavy atom. The van der Waals surface area contributed by atoms with Crippen LogP contribution in [-0.4, -0.2) is 28.5 Å². The van der Waals surface area contributed by atoms with E-state index in [1.54, 1.807) is 10.6 Å². The van der Waals surface area contributed by atoms with Crippen molar-refractivity contribution in [1.82, 2.24) is 14.9 Å². The molecule has 156 valence electrons. The summed E-state index contributed by atoms with van der Waals surface area (Å²) in [6, 6.07) is 10.8. The summed E-state index contributed by atoms with van der Waals surface area (Å²) in [5, 5.41) is 5.43. The number of nitrogens with zero attached hydrogens (tertiary/aromatic N) is 2. The van der Waals surface area contributed by atoms with Crippen molar-refractivity contribution in [2.24, 2.45) is 0 Å². The number of aromatic nitrogens is 2. The molecule has 7 nitrogen and oxygen atoms in total. The van der Waals surface area contributed by atoms with E-state index in [0.717, 1.165) is 17.7 Å². The van der Waals surface area contributed by atoms with Crippen LogP contribution in [0.3, 0.4) is 0 Å². The molecule has 30 heavy (non-hydrogen) atoms. The minimum atomic E-state index is -0.430. The van der Waals surface area contributed by atoms with Crippen molar-refractivity contribution in [3.05, 3.63) is 62.8 Å². The first-order valence-electron chi connectivity index (χ1n) is 9.96. The summed E-state index contributed by atoms with van der Waals surface area (Å²) < 4.78 is 6.51. The number of amides is 1. The third-order valence-electron chi connectivity index (χ3n) is 5.19. The van der Waals surface area contributed by atoms with Gasteiger partial charge in [0.2, 0.25) is 5.91 Å². The van der Waals surface area contributed by atoms with Crippen LogP contribution >= 0.6 is 11.3 Å². The number of esters is 1. The van der Waals surface area contributed by atoms with Gasteiger partial charge < -0.3 is 10.1 Å². The molecule has 0 radical (unpaired) electrons. The zero-order chi connectivity index (χ0) is 21.1. The van der Waals surface area contributed by atoms with Crippen LogP contribution in [0, 0.1) is 0 Å². The molecular weight excluding hydrogens is 402 g/mol. The SMILES string of the molecule is COC(=O)CC(NC(=O)CCc1nc2ccccc2c(=O)n1C1CC1)c1cccs1. The van der Waals surface area contributed by atoms with Crippen molar-refractivity contribution in [3.8, 4) is 0 Å². The number of thiophene rings is 1. The maximum absolute atomic E-state index is 12.9. The highest BCUT2D eigenvalue weighted by Crippen LogP contribution is 2.35. The normalized spacial score (nSPS) is 14.4. The molecule has 3 aromatic rings. The molecule has 0 saturated heterocycles. The number of hydrogen-bond donors (Lipinski definition) is 1. The van der Waals surface area contributed by atoms with E-state index in [2.05, 4.69) is 10.3 Å². The van der Waals surface area contributed by atoms with Gasteiger partial charge >= 0.3 is 5.97 Å². The van der Waals surface area contributed by atoms with Gasteiger partial charge in [0, 0.05) is 23.8 Å². The van der Waals surface area contributed by atoms with Crippen LogP contribution < -0.4 is 10.9 Å². The molecule has 1 aliphatic carbocycles. The molecule has 1 amide bonds. The van der Waals surface area contributed by atoms with E-state index in [0.29, 0.717) is 23.1 Å². The third kappa shape index (κ3) is 4.43. The number of nitrogens with one attached hydrogen (secondary N) is 1. The highest BCUT2D eigenvalue weighted by Gasteiger charge is 2.28. The summed E-state index contributed by atoms with van der Waals surface area (Å²) in [5.74, 6) is 0.0616. The van der Waals surface area contributed by atoms with Gasteiger partial charge in [0.15, 0.2) is 0 Å². The fourth-order valence-corrected chi connectivity index (χ4v) is 4.31. The van der Waals surface area contributed by atoms with Crippen LogP contribution in [0.4, 0.5) is 0 Å². The average Bonchev–Trinajstić information content (AvgIpc) is 3.43. The highest BCUT2D eigenvalue weighted by molar-refractivity contribution is 7.10. The number of carbonyl (C=O) groups is 2. The molecule has 1 aromatic carbocycles. The molecule has 0 bridgehead atoms. The minimum absolute atomic E-state index is 0.0411. The Labute approximate surface area is 177 Å². The van der Waals surface area contributed by atoms with Crippen LogP contribution in [0.1, 0.15) is 48.5 Å². The molecule has 0 spiro atoms. The lowest BCUT2D eigenvalue weighted by atomic mass is 10.1. The molecule has 1 aliphatic rings. The number of fused-ring (bicyclic) bond motifs is 1. The maximum atomic E-state index is 12.9. The molecular formula is C22H23N3O4S. The number of aryl methyl sites for hydroxylation is 1. The van der Waals surface area contributed by atoms with E-state index < -0.39 is 6.04 Å². The van der Waals surface area contributed by atoms with Crippen LogP contribution in [0.25, 0.3) is 10.9 Å². The molecule has 1 N–H and O–H groups in total. The topological polar surface area (TPSA) is 90.3 Å². The number of para-hydroxylation sites is 1. The van der Waals surface area contributed by atoms with Crippen molar-refractivity contribution < 1.29 is 14.3 Å². The predicted molar refractivity (Wildman–Crippen MR) is 114 cm³/mol. The minimum Gasteiger partial charge on any atom is -0.469 e. The summed E-state index contributed by atoms with van der Waals surface area (Å²) >= 11 is 1.48. The molecule has 1 saturated carbocycles. The standard InChI is InChI=1S/C22H23N3O4S/c1-29-21(27)13-17(18-7-4-12-30-18)24-20(26)11-10-19-23-16-6-3-2-5-15(16)22(28)25(19)14-8-9-14/h2-7,12,14,17H,8-11,13H2,1H3,(H,24,26). The van der Waals surface area contributed by atoms with Gasteiger partial charge in [0.05, 0.1) is 30.5 Å². The first kappa shape index (κ1) is 20.3. The summed E-state index contributed by atoms with van der Waals surface area (Å²) in [6.45, 7) is 0. The van der Waals surface area contributed by atoms with E-state index >= 15 is 0 Å². The molecule has 4 rings (SSSR count). The Hall–Kier alpha value is -3.00. The van der Waals surface area contributed by atoms with Gasteiger partial charge in [0.25, 0.3) is 5.56 Å². The van der Waals surface area contributed by atoms with Gasteiger partial charge in [-0.15, -0.1) is 11.3 Å². The van der Waals surface area contributed by atoms with Crippen molar-refractivity contribution in [2.45, 2.75) is 44.2 Å². The number of methoxy groups -OCH3 is 1. The largest absolute Gasteiger partial charge is 0.469 e. The van der Waals surface area contributed by atoms with Crippen LogP contribution in [-0.2, 0) is 20.7 Å². The average molecular weight is 426 g/mol. The molecule has 2 aromatic heterocycles. The fourth-order valence-electron chi connectivity index (χ4n) is 3.53. The van der Waals surface area contributed by atoms with Crippen molar-refractivity contribution in [1.29, 1.82) is 0 Å². The molecule has 1 fully saturated rings. The highest BCUT2D eigenvalue weighted by atomic mass is 32.1.